The number of carbonyl (C=O) groups is 1. The molecule has 1 aromatic carbocycles. The van der Waals surface area contributed by atoms with E-state index >= 15 is 0 Å². The number of benzene rings is 1. The fourth-order valence-corrected chi connectivity index (χ4v) is 5.52. The van der Waals surface area contributed by atoms with Gasteiger partial charge in [0.2, 0.25) is 11.0 Å². The average molecular weight is 493 g/mol. The molecule has 0 radical (unpaired) electrons. The van der Waals surface area contributed by atoms with E-state index < -0.39 is 0 Å². The van der Waals surface area contributed by atoms with Crippen molar-refractivity contribution in [1.29, 1.82) is 0 Å². The second kappa shape index (κ2) is 10.6. The first-order valence-corrected chi connectivity index (χ1v) is 12.7. The Morgan fingerprint density at radius 1 is 1.28 bits per heavy atom. The molecule has 32 heavy (non-hydrogen) atoms. The lowest BCUT2D eigenvalue weighted by atomic mass is 9.90. The zero-order chi connectivity index (χ0) is 22.5. The van der Waals surface area contributed by atoms with Crippen LogP contribution in [-0.4, -0.2) is 36.6 Å². The summed E-state index contributed by atoms with van der Waals surface area (Å²) in [6.45, 7) is 1.89. The molecule has 170 valence electrons. The number of ether oxygens (including phenoxy) is 1. The van der Waals surface area contributed by atoms with Crippen molar-refractivity contribution < 1.29 is 9.53 Å². The van der Waals surface area contributed by atoms with Crippen LogP contribution in [0.15, 0.2) is 29.4 Å². The van der Waals surface area contributed by atoms with Gasteiger partial charge < -0.3 is 9.30 Å². The molecule has 1 unspecified atom stereocenters. The number of carbonyl (C=O) groups excluding carboxylic acids is 1. The Morgan fingerprint density at radius 2 is 2.09 bits per heavy atom. The van der Waals surface area contributed by atoms with Crippen molar-refractivity contribution >= 4 is 45.7 Å². The summed E-state index contributed by atoms with van der Waals surface area (Å²) < 4.78 is 7.75. The molecule has 0 bridgehead atoms. The molecule has 3 aromatic rings. The molecule has 1 N–H and O–H groups in total. The lowest BCUT2D eigenvalue weighted by Crippen LogP contribution is -2.14. The minimum absolute atomic E-state index is 0.144. The van der Waals surface area contributed by atoms with Gasteiger partial charge in [-0.15, -0.1) is 20.4 Å². The maximum Gasteiger partial charge on any atom is 0.236 e. The van der Waals surface area contributed by atoms with E-state index in [4.69, 9.17) is 16.3 Å². The Bertz CT molecular complexity index is 1070. The Hall–Kier alpha value is -2.17. The number of thioether (sulfide) groups is 1. The summed E-state index contributed by atoms with van der Waals surface area (Å²) in [4.78, 5) is 12.4. The predicted molar refractivity (Wildman–Crippen MR) is 127 cm³/mol. The van der Waals surface area contributed by atoms with Crippen molar-refractivity contribution in [3.63, 3.8) is 0 Å². The summed E-state index contributed by atoms with van der Waals surface area (Å²) in [5.41, 5.74) is 0. The molecule has 1 aliphatic carbocycles. The fourth-order valence-electron chi connectivity index (χ4n) is 3.69. The largest absolute Gasteiger partial charge is 0.483 e. The maximum absolute atomic E-state index is 12.4. The first-order valence-electron chi connectivity index (χ1n) is 10.6. The SMILES string of the molecule is CC(Oc1cccc(Cl)c1)c1nnc(SCC(=O)Nc2nnc(C3CCCCC3)s2)n1C. The van der Waals surface area contributed by atoms with Crippen LogP contribution in [0.25, 0.3) is 0 Å². The van der Waals surface area contributed by atoms with Crippen LogP contribution in [0.3, 0.4) is 0 Å². The van der Waals surface area contributed by atoms with E-state index in [1.807, 2.05) is 30.7 Å². The Balaban J connectivity index is 1.30. The number of nitrogens with one attached hydrogen (secondary N) is 1. The predicted octanol–water partition coefficient (Wildman–Crippen LogP) is 5.24. The molecule has 1 saturated carbocycles. The van der Waals surface area contributed by atoms with Gasteiger partial charge in [0.05, 0.1) is 5.75 Å². The molecule has 2 aromatic heterocycles. The number of aromatic nitrogens is 5. The lowest BCUT2D eigenvalue weighted by molar-refractivity contribution is -0.113. The highest BCUT2D eigenvalue weighted by molar-refractivity contribution is 7.99. The Morgan fingerprint density at radius 3 is 2.88 bits per heavy atom. The summed E-state index contributed by atoms with van der Waals surface area (Å²) in [7, 11) is 1.86. The van der Waals surface area contributed by atoms with Crippen molar-refractivity contribution in [1.82, 2.24) is 25.0 Å². The van der Waals surface area contributed by atoms with E-state index in [0.29, 0.717) is 32.8 Å². The highest BCUT2D eigenvalue weighted by Gasteiger charge is 2.21. The number of nitrogens with zero attached hydrogens (tertiary/aromatic N) is 5. The van der Waals surface area contributed by atoms with Crippen molar-refractivity contribution in [2.24, 2.45) is 7.05 Å². The number of anilines is 1. The fraction of sp³-hybridized carbons (Fsp3) is 0.476. The van der Waals surface area contributed by atoms with Crippen LogP contribution in [0.2, 0.25) is 5.02 Å². The standard InChI is InChI=1S/C21H25ClN6O2S2/c1-13(30-16-10-6-9-15(22)11-16)18-24-27-21(28(18)2)31-12-17(29)23-20-26-25-19(32-20)14-7-4-3-5-8-14/h6,9-11,13-14H,3-5,7-8,12H2,1-2H3,(H,23,26,29). The van der Waals surface area contributed by atoms with Gasteiger partial charge in [0.1, 0.15) is 10.8 Å². The molecular weight excluding hydrogens is 468 g/mol. The molecule has 0 aliphatic heterocycles. The summed E-state index contributed by atoms with van der Waals surface area (Å²) in [5, 5.41) is 22.5. The zero-order valence-electron chi connectivity index (χ0n) is 18.0. The summed E-state index contributed by atoms with van der Waals surface area (Å²) in [6, 6.07) is 7.21. The molecule has 11 heteroatoms. The van der Waals surface area contributed by atoms with Crippen molar-refractivity contribution in [3.05, 3.63) is 40.1 Å². The van der Waals surface area contributed by atoms with E-state index in [-0.39, 0.29) is 17.8 Å². The third-order valence-electron chi connectivity index (χ3n) is 5.31. The van der Waals surface area contributed by atoms with Gasteiger partial charge in [0, 0.05) is 18.0 Å². The first kappa shape index (κ1) is 23.0. The molecule has 8 nitrogen and oxygen atoms in total. The zero-order valence-corrected chi connectivity index (χ0v) is 20.3. The number of amides is 1. The van der Waals surface area contributed by atoms with E-state index in [0.717, 1.165) is 17.8 Å². The van der Waals surface area contributed by atoms with Crippen molar-refractivity contribution in [2.75, 3.05) is 11.1 Å². The molecule has 1 amide bonds. The van der Waals surface area contributed by atoms with Crippen LogP contribution in [0.1, 0.15) is 61.9 Å². The van der Waals surface area contributed by atoms with Crippen molar-refractivity contribution in [2.45, 2.75) is 56.2 Å². The van der Waals surface area contributed by atoms with Crippen molar-refractivity contribution in [3.8, 4) is 5.75 Å². The molecule has 1 atom stereocenters. The van der Waals surface area contributed by atoms with Crippen LogP contribution >= 0.6 is 34.7 Å². The summed E-state index contributed by atoms with van der Waals surface area (Å²) >= 11 is 8.81. The third kappa shape index (κ3) is 5.79. The second-order valence-corrected chi connectivity index (χ2v) is 10.1. The monoisotopic (exact) mass is 492 g/mol. The Kier molecular flexibility index (Phi) is 7.64. The maximum atomic E-state index is 12.4. The minimum atomic E-state index is -0.325. The van der Waals surface area contributed by atoms with Crippen LogP contribution < -0.4 is 10.1 Å². The topological polar surface area (TPSA) is 94.8 Å². The highest BCUT2D eigenvalue weighted by Crippen LogP contribution is 2.35. The number of rotatable bonds is 8. The van der Waals surface area contributed by atoms with Gasteiger partial charge in [-0.25, -0.2) is 0 Å². The van der Waals surface area contributed by atoms with Gasteiger partial charge >= 0.3 is 0 Å². The van der Waals surface area contributed by atoms with Gasteiger partial charge in [0.15, 0.2) is 17.1 Å². The van der Waals surface area contributed by atoms with E-state index in [9.17, 15) is 4.79 Å². The van der Waals surface area contributed by atoms with Gasteiger partial charge in [-0.05, 0) is 38.0 Å². The van der Waals surface area contributed by atoms with Gasteiger partial charge in [-0.3, -0.25) is 10.1 Å². The van der Waals surface area contributed by atoms with Crippen LogP contribution in [0.5, 0.6) is 5.75 Å². The number of hydrogen-bond donors (Lipinski definition) is 1. The number of halogens is 1. The highest BCUT2D eigenvalue weighted by atomic mass is 35.5. The van der Waals surface area contributed by atoms with E-state index in [2.05, 4.69) is 25.7 Å². The lowest BCUT2D eigenvalue weighted by Gasteiger charge is -2.18. The van der Waals surface area contributed by atoms with Gasteiger partial charge in [0.25, 0.3) is 0 Å². The normalized spacial score (nSPS) is 15.5. The molecule has 1 aliphatic rings. The molecule has 1 fully saturated rings. The molecule has 0 spiro atoms. The second-order valence-electron chi connectivity index (χ2n) is 7.73. The van der Waals surface area contributed by atoms with Gasteiger partial charge in [-0.2, -0.15) is 0 Å². The quantitative estimate of drug-likeness (QED) is 0.429. The molecule has 0 saturated heterocycles. The van der Waals surface area contributed by atoms with Crippen LogP contribution in [0.4, 0.5) is 5.13 Å². The minimum Gasteiger partial charge on any atom is -0.483 e. The van der Waals surface area contributed by atoms with Gasteiger partial charge in [-0.1, -0.05) is 60.0 Å². The van der Waals surface area contributed by atoms with E-state index in [1.165, 1.54) is 42.4 Å². The molecule has 2 heterocycles. The molecular formula is C21H25ClN6O2S2. The number of hydrogen-bond acceptors (Lipinski definition) is 8. The average Bonchev–Trinajstić information content (AvgIpc) is 3.39. The third-order valence-corrected chi connectivity index (χ3v) is 7.57. The Labute approximate surface area is 200 Å². The first-order chi connectivity index (χ1) is 15.5. The van der Waals surface area contributed by atoms with Crippen LogP contribution in [0, 0.1) is 0 Å². The molecule has 4 rings (SSSR count). The summed E-state index contributed by atoms with van der Waals surface area (Å²) in [5.74, 6) is 1.86. The van der Waals surface area contributed by atoms with E-state index in [1.54, 1.807) is 12.1 Å². The summed E-state index contributed by atoms with van der Waals surface area (Å²) in [6.07, 6.45) is 5.77. The van der Waals surface area contributed by atoms with Crippen LogP contribution in [-0.2, 0) is 11.8 Å². The smallest absolute Gasteiger partial charge is 0.236 e.